The Morgan fingerprint density at radius 2 is 1.78 bits per heavy atom. The summed E-state index contributed by atoms with van der Waals surface area (Å²) in [6.45, 7) is 0. The minimum atomic E-state index is -0.258. The van der Waals surface area contributed by atoms with E-state index in [1.807, 2.05) is 0 Å². The van der Waals surface area contributed by atoms with Gasteiger partial charge in [-0.1, -0.05) is 39.1 Å². The van der Waals surface area contributed by atoms with Crippen molar-refractivity contribution in [2.45, 2.75) is 0 Å². The molecule has 27 heavy (non-hydrogen) atoms. The number of anilines is 1. The van der Waals surface area contributed by atoms with E-state index >= 15 is 0 Å². The highest BCUT2D eigenvalue weighted by molar-refractivity contribution is 9.10. The molecule has 4 nitrogen and oxygen atoms in total. The van der Waals surface area contributed by atoms with Crippen molar-refractivity contribution in [2.24, 2.45) is 0 Å². The second kappa shape index (κ2) is 7.35. The third-order valence-electron chi connectivity index (χ3n) is 3.92. The van der Waals surface area contributed by atoms with Crippen LogP contribution >= 0.6 is 39.1 Å². The van der Waals surface area contributed by atoms with Crippen molar-refractivity contribution >= 4 is 61.8 Å². The third-order valence-corrected chi connectivity index (χ3v) is 5.01. The molecule has 0 aliphatic carbocycles. The molecule has 0 fully saturated rings. The number of rotatable bonds is 3. The molecule has 0 bridgehead atoms. The van der Waals surface area contributed by atoms with E-state index in [1.165, 1.54) is 0 Å². The van der Waals surface area contributed by atoms with Gasteiger partial charge in [0, 0.05) is 20.6 Å². The van der Waals surface area contributed by atoms with Crippen molar-refractivity contribution in [3.05, 3.63) is 80.7 Å². The van der Waals surface area contributed by atoms with Gasteiger partial charge in [0.2, 0.25) is 5.89 Å². The molecule has 1 aromatic heterocycles. The molecular weight excluding hydrogens is 451 g/mol. The predicted molar refractivity (Wildman–Crippen MR) is 112 cm³/mol. The summed E-state index contributed by atoms with van der Waals surface area (Å²) in [5.41, 5.74) is 2.98. The van der Waals surface area contributed by atoms with Gasteiger partial charge in [0.05, 0.1) is 10.7 Å². The summed E-state index contributed by atoms with van der Waals surface area (Å²) in [6.07, 6.45) is 0. The molecule has 0 spiro atoms. The Morgan fingerprint density at radius 3 is 2.56 bits per heavy atom. The summed E-state index contributed by atoms with van der Waals surface area (Å²) < 4.78 is 6.67. The van der Waals surface area contributed by atoms with Crippen LogP contribution in [0.2, 0.25) is 10.0 Å². The monoisotopic (exact) mass is 460 g/mol. The third kappa shape index (κ3) is 3.86. The topological polar surface area (TPSA) is 55.1 Å². The fourth-order valence-electron chi connectivity index (χ4n) is 2.57. The maximum absolute atomic E-state index is 12.5. The number of carbonyl (C=O) groups excluding carboxylic acids is 1. The molecule has 0 atom stereocenters. The molecule has 0 aliphatic heterocycles. The molecule has 0 unspecified atom stereocenters. The van der Waals surface area contributed by atoms with Crippen molar-refractivity contribution in [2.75, 3.05) is 5.32 Å². The van der Waals surface area contributed by atoms with E-state index < -0.39 is 0 Å². The highest BCUT2D eigenvalue weighted by Gasteiger charge is 2.13. The Morgan fingerprint density at radius 1 is 1.00 bits per heavy atom. The minimum absolute atomic E-state index is 0.258. The molecule has 0 aliphatic rings. The van der Waals surface area contributed by atoms with E-state index in [1.54, 1.807) is 60.7 Å². The first-order valence-electron chi connectivity index (χ1n) is 7.92. The van der Waals surface area contributed by atoms with E-state index in [9.17, 15) is 4.79 Å². The predicted octanol–water partition coefficient (Wildman–Crippen LogP) is 6.82. The van der Waals surface area contributed by atoms with Gasteiger partial charge < -0.3 is 9.73 Å². The lowest BCUT2D eigenvalue weighted by Crippen LogP contribution is -2.12. The van der Waals surface area contributed by atoms with Crippen LogP contribution in [0.5, 0.6) is 0 Å². The Bertz CT molecular complexity index is 1160. The van der Waals surface area contributed by atoms with Crippen LogP contribution in [-0.2, 0) is 0 Å². The lowest BCUT2D eigenvalue weighted by Gasteiger charge is -2.08. The van der Waals surface area contributed by atoms with Crippen LogP contribution in [0.15, 0.2) is 69.6 Å². The van der Waals surface area contributed by atoms with E-state index in [2.05, 4.69) is 26.2 Å². The fourth-order valence-corrected chi connectivity index (χ4v) is 3.17. The molecule has 4 rings (SSSR count). The molecule has 1 heterocycles. The zero-order valence-corrected chi connectivity index (χ0v) is 16.8. The summed E-state index contributed by atoms with van der Waals surface area (Å²) in [4.78, 5) is 16.9. The van der Waals surface area contributed by atoms with Crippen LogP contribution in [0, 0.1) is 0 Å². The van der Waals surface area contributed by atoms with Gasteiger partial charge in [0.15, 0.2) is 5.58 Å². The standard InChI is InChI=1S/C20H11BrCl2N2O2/c21-13-4-1-11(2-5-13)19(26)24-16-9-12(3-7-15(16)23)20-25-17-10-14(22)6-8-18(17)27-20/h1-10H,(H,24,26). The van der Waals surface area contributed by atoms with Crippen molar-refractivity contribution in [1.29, 1.82) is 0 Å². The number of hydrogen-bond donors (Lipinski definition) is 1. The summed E-state index contributed by atoms with van der Waals surface area (Å²) in [5.74, 6) is 0.161. The lowest BCUT2D eigenvalue weighted by molar-refractivity contribution is 0.102. The van der Waals surface area contributed by atoms with Gasteiger partial charge in [-0.2, -0.15) is 0 Å². The molecule has 0 radical (unpaired) electrons. The second-order valence-corrected chi connectivity index (χ2v) is 7.55. The van der Waals surface area contributed by atoms with Gasteiger partial charge >= 0.3 is 0 Å². The number of amides is 1. The SMILES string of the molecule is O=C(Nc1cc(-c2nc3cc(Cl)ccc3o2)ccc1Cl)c1ccc(Br)cc1. The molecule has 1 amide bonds. The summed E-state index contributed by atoms with van der Waals surface area (Å²) >= 11 is 15.6. The molecule has 1 N–H and O–H groups in total. The number of hydrogen-bond acceptors (Lipinski definition) is 3. The first kappa shape index (κ1) is 18.0. The lowest BCUT2D eigenvalue weighted by atomic mass is 10.1. The number of nitrogens with one attached hydrogen (secondary N) is 1. The maximum Gasteiger partial charge on any atom is 0.255 e. The number of nitrogens with zero attached hydrogens (tertiary/aromatic N) is 1. The van der Waals surface area contributed by atoms with Crippen LogP contribution in [0.25, 0.3) is 22.6 Å². The number of halogens is 3. The van der Waals surface area contributed by atoms with E-state index in [0.29, 0.717) is 43.9 Å². The highest BCUT2D eigenvalue weighted by atomic mass is 79.9. The van der Waals surface area contributed by atoms with Crippen LogP contribution in [-0.4, -0.2) is 10.9 Å². The van der Waals surface area contributed by atoms with E-state index in [4.69, 9.17) is 27.6 Å². The van der Waals surface area contributed by atoms with Crippen LogP contribution in [0.1, 0.15) is 10.4 Å². The summed E-state index contributed by atoms with van der Waals surface area (Å²) in [5, 5.41) is 3.83. The first-order valence-corrected chi connectivity index (χ1v) is 9.47. The van der Waals surface area contributed by atoms with E-state index in [0.717, 1.165) is 4.47 Å². The molecule has 0 saturated heterocycles. The van der Waals surface area contributed by atoms with Crippen molar-refractivity contribution in [1.82, 2.24) is 4.98 Å². The fraction of sp³-hybridized carbons (Fsp3) is 0. The Balaban J connectivity index is 1.66. The normalized spacial score (nSPS) is 10.9. The first-order chi connectivity index (χ1) is 13.0. The maximum atomic E-state index is 12.5. The van der Waals surface area contributed by atoms with Gasteiger partial charge in [-0.05, 0) is 60.7 Å². The van der Waals surface area contributed by atoms with Crippen LogP contribution in [0.4, 0.5) is 5.69 Å². The van der Waals surface area contributed by atoms with Gasteiger partial charge in [-0.15, -0.1) is 0 Å². The molecule has 4 aromatic rings. The molecule has 134 valence electrons. The average Bonchev–Trinajstić information content (AvgIpc) is 3.07. The molecule has 0 saturated carbocycles. The van der Waals surface area contributed by atoms with Gasteiger partial charge in [-0.25, -0.2) is 4.98 Å². The molecule has 7 heteroatoms. The Labute approximate surface area is 173 Å². The van der Waals surface area contributed by atoms with Gasteiger partial charge in [0.25, 0.3) is 5.91 Å². The van der Waals surface area contributed by atoms with Gasteiger partial charge in [0.1, 0.15) is 5.52 Å². The van der Waals surface area contributed by atoms with Crippen molar-refractivity contribution < 1.29 is 9.21 Å². The quantitative estimate of drug-likeness (QED) is 0.364. The van der Waals surface area contributed by atoms with E-state index in [-0.39, 0.29) is 5.91 Å². The number of fused-ring (bicyclic) bond motifs is 1. The minimum Gasteiger partial charge on any atom is -0.436 e. The second-order valence-electron chi connectivity index (χ2n) is 5.79. The zero-order chi connectivity index (χ0) is 19.0. The Kier molecular flexibility index (Phi) is 4.91. The Hall–Kier alpha value is -2.34. The molecular formula is C20H11BrCl2N2O2. The summed E-state index contributed by atoms with van der Waals surface area (Å²) in [7, 11) is 0. The van der Waals surface area contributed by atoms with Crippen molar-refractivity contribution in [3.63, 3.8) is 0 Å². The highest BCUT2D eigenvalue weighted by Crippen LogP contribution is 2.31. The smallest absolute Gasteiger partial charge is 0.255 e. The largest absolute Gasteiger partial charge is 0.436 e. The summed E-state index contributed by atoms with van der Waals surface area (Å²) in [6, 6.07) is 17.5. The molecule has 3 aromatic carbocycles. The zero-order valence-electron chi connectivity index (χ0n) is 13.7. The average molecular weight is 462 g/mol. The number of benzene rings is 3. The van der Waals surface area contributed by atoms with Crippen LogP contribution in [0.3, 0.4) is 0 Å². The van der Waals surface area contributed by atoms with Crippen LogP contribution < -0.4 is 5.32 Å². The number of carbonyl (C=O) groups is 1. The number of oxazole rings is 1. The van der Waals surface area contributed by atoms with Crippen molar-refractivity contribution in [3.8, 4) is 11.5 Å². The van der Waals surface area contributed by atoms with Gasteiger partial charge in [-0.3, -0.25) is 4.79 Å². The number of aromatic nitrogens is 1.